The van der Waals surface area contributed by atoms with E-state index in [0.717, 1.165) is 5.56 Å². The zero-order valence-corrected chi connectivity index (χ0v) is 21.7. The van der Waals surface area contributed by atoms with Gasteiger partial charge in [0.05, 0.1) is 5.69 Å². The van der Waals surface area contributed by atoms with Crippen molar-refractivity contribution in [3.05, 3.63) is 83.1 Å². The van der Waals surface area contributed by atoms with Crippen LogP contribution in [0.2, 0.25) is 5.02 Å². The number of fused-ring (bicyclic) bond motifs is 1. The fourth-order valence-corrected chi connectivity index (χ4v) is 4.39. The Bertz CT molecular complexity index is 1700. The van der Waals surface area contributed by atoms with Crippen molar-refractivity contribution in [2.75, 3.05) is 18.6 Å². The number of hydrogen-bond donors (Lipinski definition) is 2. The van der Waals surface area contributed by atoms with Crippen LogP contribution in [0.15, 0.2) is 71.9 Å². The number of carbonyl (C=O) groups is 1. The molecule has 0 unspecified atom stereocenters. The summed E-state index contributed by atoms with van der Waals surface area (Å²) in [6.45, 7) is 0. The quantitative estimate of drug-likeness (QED) is 0.207. The van der Waals surface area contributed by atoms with Crippen LogP contribution in [0.25, 0.3) is 17.0 Å². The number of aromatic nitrogens is 5. The number of anilines is 2. The summed E-state index contributed by atoms with van der Waals surface area (Å²) < 4.78 is 7.39. The van der Waals surface area contributed by atoms with Gasteiger partial charge in [-0.3, -0.25) is 9.78 Å². The van der Waals surface area contributed by atoms with E-state index in [9.17, 15) is 10.1 Å². The van der Waals surface area contributed by atoms with Crippen molar-refractivity contribution in [1.82, 2.24) is 29.9 Å². The number of hydrogen-bond acceptors (Lipinski definition) is 9. The largest absolute Gasteiger partial charge is 0.457 e. The highest BCUT2D eigenvalue weighted by Crippen LogP contribution is 2.32. The van der Waals surface area contributed by atoms with Gasteiger partial charge in [0.25, 0.3) is 11.7 Å². The fraction of sp³-hybridized carbons (Fsp3) is 0.0769. The maximum Gasteiger partial charge on any atom is 0.269 e. The molecule has 0 radical (unpaired) electrons. The SMILES string of the molecule is CNC(=O)c1cc(Oc2ccc(Nc3nc4nc(SC)c(C#N)c(-c5cccc(Cl)c5)n4n3)cc2)ccn1. The third-order valence-electron chi connectivity index (χ3n) is 5.39. The minimum absolute atomic E-state index is 0.260. The van der Waals surface area contributed by atoms with Crippen molar-refractivity contribution in [1.29, 1.82) is 5.26 Å². The predicted molar refractivity (Wildman–Crippen MR) is 145 cm³/mol. The van der Waals surface area contributed by atoms with Gasteiger partial charge in [0.2, 0.25) is 5.95 Å². The van der Waals surface area contributed by atoms with Crippen LogP contribution in [-0.4, -0.2) is 43.8 Å². The number of amides is 1. The van der Waals surface area contributed by atoms with Gasteiger partial charge in [-0.2, -0.15) is 14.8 Å². The Hall–Kier alpha value is -4.66. The van der Waals surface area contributed by atoms with E-state index in [2.05, 4.69) is 36.8 Å². The normalized spacial score (nSPS) is 10.7. The molecule has 5 rings (SSSR count). The Kier molecular flexibility index (Phi) is 7.08. The van der Waals surface area contributed by atoms with Crippen LogP contribution in [0.4, 0.5) is 11.6 Å². The van der Waals surface area contributed by atoms with Gasteiger partial charge in [-0.25, -0.2) is 4.98 Å². The van der Waals surface area contributed by atoms with Gasteiger partial charge in [-0.1, -0.05) is 23.7 Å². The molecule has 0 aliphatic rings. The molecule has 2 aromatic carbocycles. The fourth-order valence-electron chi connectivity index (χ4n) is 3.68. The molecule has 0 spiro atoms. The second-order valence-corrected chi connectivity index (χ2v) is 9.05. The molecule has 0 aliphatic carbocycles. The van der Waals surface area contributed by atoms with Gasteiger partial charge >= 0.3 is 0 Å². The van der Waals surface area contributed by atoms with E-state index < -0.39 is 0 Å². The van der Waals surface area contributed by atoms with Gasteiger partial charge in [0, 0.05) is 35.6 Å². The van der Waals surface area contributed by atoms with Crippen molar-refractivity contribution in [3.63, 3.8) is 0 Å². The van der Waals surface area contributed by atoms with Gasteiger partial charge in [-0.05, 0) is 48.7 Å². The molecular weight excluding hydrogens is 524 g/mol. The Labute approximate surface area is 226 Å². The molecule has 0 fully saturated rings. The first kappa shape index (κ1) is 25.0. The molecule has 5 aromatic rings. The summed E-state index contributed by atoms with van der Waals surface area (Å²) in [5, 5.41) is 21.3. The molecule has 1 amide bonds. The molecule has 3 aromatic heterocycles. The number of rotatable bonds is 7. The number of benzene rings is 2. The molecule has 3 heterocycles. The van der Waals surface area contributed by atoms with Crippen molar-refractivity contribution < 1.29 is 9.53 Å². The number of nitrogens with one attached hydrogen (secondary N) is 2. The lowest BCUT2D eigenvalue weighted by atomic mass is 10.1. The van der Waals surface area contributed by atoms with Gasteiger partial charge in [0.15, 0.2) is 0 Å². The van der Waals surface area contributed by atoms with Crippen molar-refractivity contribution in [3.8, 4) is 28.8 Å². The number of pyridine rings is 1. The van der Waals surface area contributed by atoms with Gasteiger partial charge in [-0.15, -0.1) is 16.9 Å². The third-order valence-corrected chi connectivity index (χ3v) is 6.31. The minimum atomic E-state index is -0.297. The summed E-state index contributed by atoms with van der Waals surface area (Å²) in [4.78, 5) is 24.9. The number of ether oxygens (including phenoxy) is 1. The van der Waals surface area contributed by atoms with Crippen LogP contribution < -0.4 is 15.4 Å². The van der Waals surface area contributed by atoms with E-state index >= 15 is 0 Å². The van der Waals surface area contributed by atoms with Gasteiger partial charge < -0.3 is 15.4 Å². The highest BCUT2D eigenvalue weighted by atomic mass is 35.5. The zero-order valence-electron chi connectivity index (χ0n) is 20.1. The van der Waals surface area contributed by atoms with Crippen molar-refractivity contribution in [2.24, 2.45) is 0 Å². The molecule has 0 aliphatic heterocycles. The van der Waals surface area contributed by atoms with Crippen LogP contribution in [0.1, 0.15) is 16.1 Å². The molecule has 38 heavy (non-hydrogen) atoms. The second kappa shape index (κ2) is 10.8. The molecule has 0 bridgehead atoms. The molecule has 10 nitrogen and oxygen atoms in total. The number of halogens is 1. The summed E-state index contributed by atoms with van der Waals surface area (Å²) in [6.07, 6.45) is 3.36. The smallest absolute Gasteiger partial charge is 0.269 e. The number of nitriles is 1. The topological polar surface area (TPSA) is 130 Å². The predicted octanol–water partition coefficient (Wildman–Crippen LogP) is 5.33. The monoisotopic (exact) mass is 542 g/mol. The summed E-state index contributed by atoms with van der Waals surface area (Å²) in [5.41, 5.74) is 2.65. The maximum atomic E-state index is 11.8. The first-order valence-electron chi connectivity index (χ1n) is 11.2. The Morgan fingerprint density at radius 2 is 1.92 bits per heavy atom. The zero-order chi connectivity index (χ0) is 26.6. The number of carbonyl (C=O) groups excluding carboxylic acids is 1. The first-order valence-corrected chi connectivity index (χ1v) is 12.8. The molecule has 12 heteroatoms. The summed E-state index contributed by atoms with van der Waals surface area (Å²) in [7, 11) is 1.54. The summed E-state index contributed by atoms with van der Waals surface area (Å²) in [6, 6.07) is 19.9. The number of nitrogens with zero attached hydrogens (tertiary/aromatic N) is 6. The third kappa shape index (κ3) is 5.08. The lowest BCUT2D eigenvalue weighted by molar-refractivity contribution is 0.0958. The minimum Gasteiger partial charge on any atom is -0.457 e. The molecule has 0 saturated heterocycles. The highest BCUT2D eigenvalue weighted by molar-refractivity contribution is 7.98. The van der Waals surface area contributed by atoms with Crippen molar-refractivity contribution >= 4 is 46.7 Å². The molecule has 2 N–H and O–H groups in total. The second-order valence-electron chi connectivity index (χ2n) is 7.82. The van der Waals surface area contributed by atoms with Crippen LogP contribution in [-0.2, 0) is 0 Å². The Morgan fingerprint density at radius 3 is 2.63 bits per heavy atom. The molecule has 0 atom stereocenters. The Balaban J connectivity index is 1.43. The van der Waals surface area contributed by atoms with E-state index in [1.807, 2.05) is 18.4 Å². The molecule has 188 valence electrons. The molecule has 0 saturated carbocycles. The highest BCUT2D eigenvalue weighted by Gasteiger charge is 2.20. The van der Waals surface area contributed by atoms with E-state index in [-0.39, 0.29) is 11.6 Å². The van der Waals surface area contributed by atoms with Crippen LogP contribution in [0.5, 0.6) is 11.5 Å². The summed E-state index contributed by atoms with van der Waals surface area (Å²) in [5.74, 6) is 1.41. The average molecular weight is 543 g/mol. The lowest BCUT2D eigenvalue weighted by Gasteiger charge is -2.09. The van der Waals surface area contributed by atoms with Crippen LogP contribution in [0, 0.1) is 11.3 Å². The summed E-state index contributed by atoms with van der Waals surface area (Å²) >= 11 is 7.59. The van der Waals surface area contributed by atoms with E-state index in [4.69, 9.17) is 16.3 Å². The van der Waals surface area contributed by atoms with Crippen LogP contribution in [0.3, 0.4) is 0 Å². The molecular formula is C26H19ClN8O2S. The standard InChI is InChI=1S/C26H19ClN8O2S/c1-29-23(36)21-13-19(10-11-30-21)37-18-8-6-17(7-9-18)31-25-33-26-32-24(38-2)20(14-28)22(35(26)34-25)15-4-3-5-16(27)12-15/h3-13H,1-2H3,(H,29,36)(H,31,34). The van der Waals surface area contributed by atoms with E-state index in [1.165, 1.54) is 22.5 Å². The van der Waals surface area contributed by atoms with Gasteiger partial charge in [0.1, 0.15) is 33.9 Å². The Morgan fingerprint density at radius 1 is 1.11 bits per heavy atom. The lowest BCUT2D eigenvalue weighted by Crippen LogP contribution is -2.18. The van der Waals surface area contributed by atoms with Crippen LogP contribution >= 0.6 is 23.4 Å². The van der Waals surface area contributed by atoms with E-state index in [0.29, 0.717) is 50.2 Å². The van der Waals surface area contributed by atoms with Crippen molar-refractivity contribution in [2.45, 2.75) is 5.03 Å². The van der Waals surface area contributed by atoms with E-state index in [1.54, 1.807) is 55.6 Å². The first-order chi connectivity index (χ1) is 18.5. The number of thioether (sulfide) groups is 1. The average Bonchev–Trinajstić information content (AvgIpc) is 3.34. The maximum absolute atomic E-state index is 11.8.